The maximum absolute atomic E-state index is 11.7. The maximum Gasteiger partial charge on any atom is 0.145 e. The Kier molecular flexibility index (Phi) is 0.820. The minimum atomic E-state index is 0.131. The van der Waals surface area contributed by atoms with E-state index in [4.69, 9.17) is 9.47 Å². The Hall–Kier alpha value is -0.410. The SMILES string of the molecule is O=C1C2C3COC2C2OCC3C12. The second kappa shape index (κ2) is 1.61. The number of ether oxygens (including phenoxy) is 2. The first-order valence-electron chi connectivity index (χ1n) is 4.65. The van der Waals surface area contributed by atoms with Gasteiger partial charge in [-0.2, -0.15) is 0 Å². The Balaban J connectivity index is 1.96. The average Bonchev–Trinajstić information content (AvgIpc) is 2.62. The zero-order valence-corrected chi connectivity index (χ0v) is 6.60. The van der Waals surface area contributed by atoms with Gasteiger partial charge in [0, 0.05) is 11.8 Å². The monoisotopic (exact) mass is 166 g/mol. The molecule has 0 N–H and O–H groups in total. The van der Waals surface area contributed by atoms with Crippen molar-refractivity contribution in [3.63, 3.8) is 0 Å². The molecule has 2 saturated carbocycles. The van der Waals surface area contributed by atoms with Crippen molar-refractivity contribution >= 4 is 5.78 Å². The van der Waals surface area contributed by atoms with Gasteiger partial charge in [0.05, 0.1) is 37.3 Å². The van der Waals surface area contributed by atoms with Gasteiger partial charge in [0.1, 0.15) is 5.78 Å². The molecule has 3 nitrogen and oxygen atoms in total. The van der Waals surface area contributed by atoms with E-state index in [0.717, 1.165) is 13.2 Å². The molecule has 2 aliphatic carbocycles. The Morgan fingerprint density at radius 1 is 1.00 bits per heavy atom. The Bertz CT molecular complexity index is 229. The Morgan fingerprint density at radius 2 is 1.50 bits per heavy atom. The molecule has 64 valence electrons. The summed E-state index contributed by atoms with van der Waals surface area (Å²) in [6.07, 6.45) is 0.262. The van der Waals surface area contributed by atoms with E-state index in [9.17, 15) is 4.79 Å². The number of carbonyl (C=O) groups excluding carboxylic acids is 1. The van der Waals surface area contributed by atoms with Gasteiger partial charge in [-0.15, -0.1) is 0 Å². The van der Waals surface area contributed by atoms with Crippen LogP contribution < -0.4 is 0 Å². The second-order valence-electron chi connectivity index (χ2n) is 4.38. The third-order valence-electron chi connectivity index (χ3n) is 4.12. The van der Waals surface area contributed by atoms with Crippen molar-refractivity contribution in [2.24, 2.45) is 23.7 Å². The molecule has 2 heterocycles. The van der Waals surface area contributed by atoms with Crippen LogP contribution in [-0.2, 0) is 14.3 Å². The molecule has 12 heavy (non-hydrogen) atoms. The van der Waals surface area contributed by atoms with Gasteiger partial charge in [-0.05, 0) is 0 Å². The lowest BCUT2D eigenvalue weighted by atomic mass is 9.82. The molecular weight excluding hydrogens is 156 g/mol. The van der Waals surface area contributed by atoms with Crippen LogP contribution in [0.3, 0.4) is 0 Å². The minimum absolute atomic E-state index is 0.131. The predicted molar refractivity (Wildman–Crippen MR) is 38.4 cm³/mol. The largest absolute Gasteiger partial charge is 0.374 e. The second-order valence-corrected chi connectivity index (χ2v) is 4.38. The summed E-state index contributed by atoms with van der Waals surface area (Å²) in [6.45, 7) is 1.62. The highest BCUT2D eigenvalue weighted by Crippen LogP contribution is 2.59. The van der Waals surface area contributed by atoms with E-state index < -0.39 is 0 Å². The smallest absolute Gasteiger partial charge is 0.145 e. The number of hydrogen-bond acceptors (Lipinski definition) is 3. The summed E-state index contributed by atoms with van der Waals surface area (Å²) in [7, 11) is 0. The van der Waals surface area contributed by atoms with Crippen LogP contribution >= 0.6 is 0 Å². The molecule has 4 aliphatic rings. The summed E-state index contributed by atoms with van der Waals surface area (Å²) in [5, 5.41) is 0. The maximum atomic E-state index is 11.7. The number of fused-ring (bicyclic) bond motifs is 2. The first-order chi connectivity index (χ1) is 5.88. The molecule has 2 aliphatic heterocycles. The van der Waals surface area contributed by atoms with E-state index in [1.165, 1.54) is 0 Å². The average molecular weight is 166 g/mol. The van der Waals surface area contributed by atoms with Gasteiger partial charge < -0.3 is 9.47 Å². The zero-order valence-electron chi connectivity index (χ0n) is 6.60. The standard InChI is InChI=1S/C9H10O3/c10-7-5-3-1-11-8(5)9-6(7)4(3)2-12-9/h3-6,8-9H,1-2H2. The number of hydrogen-bond donors (Lipinski definition) is 0. The molecule has 4 rings (SSSR count). The van der Waals surface area contributed by atoms with E-state index in [1.54, 1.807) is 0 Å². The fraction of sp³-hybridized carbons (Fsp3) is 0.889. The number of rotatable bonds is 0. The van der Waals surface area contributed by atoms with Crippen LogP contribution in [0.5, 0.6) is 0 Å². The Morgan fingerprint density at radius 3 is 2.00 bits per heavy atom. The molecule has 0 aromatic carbocycles. The molecule has 4 fully saturated rings. The highest BCUT2D eigenvalue weighted by molar-refractivity contribution is 5.91. The van der Waals surface area contributed by atoms with Crippen LogP contribution in [0.2, 0.25) is 0 Å². The fourth-order valence-corrected chi connectivity index (χ4v) is 3.69. The molecule has 0 aromatic heterocycles. The summed E-state index contributed by atoms with van der Waals surface area (Å²) in [4.78, 5) is 11.7. The van der Waals surface area contributed by atoms with Crippen molar-refractivity contribution < 1.29 is 14.3 Å². The lowest BCUT2D eigenvalue weighted by Crippen LogP contribution is -2.30. The van der Waals surface area contributed by atoms with E-state index >= 15 is 0 Å². The van der Waals surface area contributed by atoms with Gasteiger partial charge in [-0.1, -0.05) is 0 Å². The third kappa shape index (κ3) is 0.409. The zero-order chi connectivity index (χ0) is 7.87. The van der Waals surface area contributed by atoms with Crippen molar-refractivity contribution in [1.82, 2.24) is 0 Å². The molecule has 0 radical (unpaired) electrons. The molecular formula is C9H10O3. The minimum Gasteiger partial charge on any atom is -0.374 e. The van der Waals surface area contributed by atoms with Crippen LogP contribution in [0, 0.1) is 23.7 Å². The number of ketones is 1. The van der Waals surface area contributed by atoms with Crippen molar-refractivity contribution in [1.29, 1.82) is 0 Å². The van der Waals surface area contributed by atoms with Gasteiger partial charge in [-0.3, -0.25) is 4.79 Å². The highest BCUT2D eigenvalue weighted by atomic mass is 16.6. The third-order valence-corrected chi connectivity index (χ3v) is 4.12. The molecule has 2 bridgehead atoms. The summed E-state index contributed by atoms with van der Waals surface area (Å²) >= 11 is 0. The van der Waals surface area contributed by atoms with Crippen molar-refractivity contribution in [3.8, 4) is 0 Å². The molecule has 6 unspecified atom stereocenters. The van der Waals surface area contributed by atoms with Crippen molar-refractivity contribution in [3.05, 3.63) is 0 Å². The van der Waals surface area contributed by atoms with Gasteiger partial charge in [0.25, 0.3) is 0 Å². The van der Waals surface area contributed by atoms with Crippen LogP contribution in [0.4, 0.5) is 0 Å². The predicted octanol–water partition coefficient (Wildman–Crippen LogP) is -0.155. The molecule has 2 saturated heterocycles. The van der Waals surface area contributed by atoms with E-state index in [2.05, 4.69) is 0 Å². The van der Waals surface area contributed by atoms with Crippen molar-refractivity contribution in [2.75, 3.05) is 13.2 Å². The fourth-order valence-electron chi connectivity index (χ4n) is 3.69. The summed E-state index contributed by atoms with van der Waals surface area (Å²) in [5.74, 6) is 1.88. The summed E-state index contributed by atoms with van der Waals surface area (Å²) in [6, 6.07) is 0. The van der Waals surface area contributed by atoms with E-state index in [-0.39, 0.29) is 24.0 Å². The van der Waals surface area contributed by atoms with Crippen molar-refractivity contribution in [2.45, 2.75) is 12.2 Å². The first kappa shape index (κ1) is 6.11. The first-order valence-corrected chi connectivity index (χ1v) is 4.65. The molecule has 0 amide bonds. The topological polar surface area (TPSA) is 35.5 Å². The lowest BCUT2D eigenvalue weighted by molar-refractivity contribution is -0.122. The molecule has 6 atom stereocenters. The van der Waals surface area contributed by atoms with Crippen LogP contribution in [0.1, 0.15) is 0 Å². The highest BCUT2D eigenvalue weighted by Gasteiger charge is 2.70. The van der Waals surface area contributed by atoms with E-state index in [0.29, 0.717) is 17.6 Å². The lowest BCUT2D eigenvalue weighted by Gasteiger charge is -2.18. The molecule has 0 spiro atoms. The summed E-state index contributed by atoms with van der Waals surface area (Å²) in [5.41, 5.74) is 0. The van der Waals surface area contributed by atoms with Gasteiger partial charge in [0.15, 0.2) is 0 Å². The van der Waals surface area contributed by atoms with Gasteiger partial charge >= 0.3 is 0 Å². The molecule has 0 aromatic rings. The van der Waals surface area contributed by atoms with E-state index in [1.807, 2.05) is 0 Å². The normalized spacial score (nSPS) is 65.2. The van der Waals surface area contributed by atoms with Gasteiger partial charge in [0.2, 0.25) is 0 Å². The quantitative estimate of drug-likeness (QED) is 0.502. The Labute approximate surface area is 70.0 Å². The van der Waals surface area contributed by atoms with Crippen LogP contribution in [-0.4, -0.2) is 31.2 Å². The van der Waals surface area contributed by atoms with Crippen LogP contribution in [0.15, 0.2) is 0 Å². The van der Waals surface area contributed by atoms with Gasteiger partial charge in [-0.25, -0.2) is 0 Å². The van der Waals surface area contributed by atoms with Crippen LogP contribution in [0.25, 0.3) is 0 Å². The molecule has 3 heteroatoms. The number of Topliss-reactive ketones (excluding diaryl/α,β-unsaturated/α-hetero) is 1. The summed E-state index contributed by atoms with van der Waals surface area (Å²) < 4.78 is 11.2. The number of carbonyl (C=O) groups is 1.